The Bertz CT molecular complexity index is 1010. The third-order valence-electron chi connectivity index (χ3n) is 5.91. The van der Waals surface area contributed by atoms with E-state index in [1.807, 2.05) is 17.0 Å². The zero-order valence-electron chi connectivity index (χ0n) is 16.3. The first-order valence-electron chi connectivity index (χ1n) is 10.1. The second-order valence-corrected chi connectivity index (χ2v) is 7.79. The van der Waals surface area contributed by atoms with Crippen molar-refractivity contribution in [2.75, 3.05) is 6.61 Å². The molecule has 7 nitrogen and oxygen atoms in total. The van der Waals surface area contributed by atoms with Crippen molar-refractivity contribution in [1.29, 1.82) is 0 Å². The number of fused-ring (bicyclic) bond motifs is 2. The predicted octanol–water partition coefficient (Wildman–Crippen LogP) is 3.59. The highest BCUT2D eigenvalue weighted by Gasteiger charge is 2.45. The van der Waals surface area contributed by atoms with Gasteiger partial charge in [-0.1, -0.05) is 5.16 Å². The molecule has 30 heavy (non-hydrogen) atoms. The molecule has 1 amide bonds. The van der Waals surface area contributed by atoms with Gasteiger partial charge in [0.05, 0.1) is 0 Å². The lowest BCUT2D eigenvalue weighted by Crippen LogP contribution is -2.47. The van der Waals surface area contributed by atoms with E-state index in [4.69, 9.17) is 9.26 Å². The van der Waals surface area contributed by atoms with E-state index in [1.165, 1.54) is 24.3 Å². The summed E-state index contributed by atoms with van der Waals surface area (Å²) in [5.41, 5.74) is 0.820. The number of amides is 1. The number of nitrogens with zero attached hydrogens (tertiary/aromatic N) is 4. The monoisotopic (exact) mass is 408 g/mol. The number of carbonyl (C=O) groups excluding carboxylic acids is 1. The molecule has 4 heterocycles. The number of pyridine rings is 1. The molecule has 2 fully saturated rings. The molecular weight excluding hydrogens is 387 g/mol. The molecule has 3 atom stereocenters. The SMILES string of the molecule is O=C(COc1ccc(F)cc1)N1[C@@H]2CC[C@H]1CC(c1nc(-c3cccnc3)no1)C2. The topological polar surface area (TPSA) is 81.4 Å². The van der Waals surface area contributed by atoms with Crippen molar-refractivity contribution in [3.05, 3.63) is 60.5 Å². The highest BCUT2D eigenvalue weighted by Crippen LogP contribution is 2.43. The van der Waals surface area contributed by atoms with Crippen molar-refractivity contribution in [2.45, 2.75) is 43.7 Å². The largest absolute Gasteiger partial charge is 0.484 e. The van der Waals surface area contributed by atoms with Gasteiger partial charge in [-0.2, -0.15) is 4.98 Å². The molecular formula is C22H21FN4O3. The summed E-state index contributed by atoms with van der Waals surface area (Å²) in [7, 11) is 0. The van der Waals surface area contributed by atoms with Gasteiger partial charge < -0.3 is 14.2 Å². The fourth-order valence-corrected chi connectivity index (χ4v) is 4.55. The highest BCUT2D eigenvalue weighted by molar-refractivity contribution is 5.79. The number of aromatic nitrogens is 3. The van der Waals surface area contributed by atoms with E-state index >= 15 is 0 Å². The Morgan fingerprint density at radius 2 is 1.93 bits per heavy atom. The van der Waals surface area contributed by atoms with E-state index in [2.05, 4.69) is 15.1 Å². The van der Waals surface area contributed by atoms with Gasteiger partial charge in [0.2, 0.25) is 11.7 Å². The minimum absolute atomic E-state index is 0.0353. The summed E-state index contributed by atoms with van der Waals surface area (Å²) < 4.78 is 24.1. The van der Waals surface area contributed by atoms with Crippen LogP contribution in [0.4, 0.5) is 4.39 Å². The average molecular weight is 408 g/mol. The molecule has 2 aromatic heterocycles. The minimum Gasteiger partial charge on any atom is -0.484 e. The molecule has 3 aromatic rings. The zero-order chi connectivity index (χ0) is 20.5. The zero-order valence-corrected chi connectivity index (χ0v) is 16.3. The number of carbonyl (C=O) groups is 1. The second-order valence-electron chi connectivity index (χ2n) is 7.79. The second kappa shape index (κ2) is 7.85. The van der Waals surface area contributed by atoms with E-state index in [9.17, 15) is 9.18 Å². The summed E-state index contributed by atoms with van der Waals surface area (Å²) in [6.07, 6.45) is 6.94. The van der Waals surface area contributed by atoms with E-state index in [1.54, 1.807) is 12.4 Å². The number of halogens is 1. The van der Waals surface area contributed by atoms with E-state index in [-0.39, 0.29) is 36.3 Å². The van der Waals surface area contributed by atoms with Gasteiger partial charge in [0.15, 0.2) is 6.61 Å². The normalized spacial score (nSPS) is 22.8. The summed E-state index contributed by atoms with van der Waals surface area (Å²) in [5, 5.41) is 4.10. The van der Waals surface area contributed by atoms with Gasteiger partial charge in [0.1, 0.15) is 11.6 Å². The van der Waals surface area contributed by atoms with Crippen molar-refractivity contribution in [2.24, 2.45) is 0 Å². The van der Waals surface area contributed by atoms with Gasteiger partial charge in [-0.15, -0.1) is 0 Å². The Labute approximate surface area is 172 Å². The Balaban J connectivity index is 1.23. The average Bonchev–Trinajstić information content (AvgIpc) is 3.37. The van der Waals surface area contributed by atoms with Crippen LogP contribution in [0, 0.1) is 5.82 Å². The number of rotatable bonds is 5. The first-order chi connectivity index (χ1) is 14.7. The van der Waals surface area contributed by atoms with E-state index < -0.39 is 0 Å². The summed E-state index contributed by atoms with van der Waals surface area (Å²) in [6, 6.07) is 9.71. The van der Waals surface area contributed by atoms with E-state index in [0.29, 0.717) is 17.5 Å². The number of benzene rings is 1. The molecule has 8 heteroatoms. The molecule has 0 saturated carbocycles. The molecule has 154 valence electrons. The molecule has 2 aliphatic rings. The fourth-order valence-electron chi connectivity index (χ4n) is 4.55. The molecule has 0 aliphatic carbocycles. The fraction of sp³-hybridized carbons (Fsp3) is 0.364. The van der Waals surface area contributed by atoms with Crippen LogP contribution >= 0.6 is 0 Å². The van der Waals surface area contributed by atoms with Crippen LogP contribution in [-0.2, 0) is 4.79 Å². The van der Waals surface area contributed by atoms with Crippen LogP contribution in [0.15, 0.2) is 53.3 Å². The van der Waals surface area contributed by atoms with Gasteiger partial charge in [0, 0.05) is 36.0 Å². The maximum absolute atomic E-state index is 13.0. The van der Waals surface area contributed by atoms with Crippen LogP contribution in [0.25, 0.3) is 11.4 Å². The van der Waals surface area contributed by atoms with Crippen LogP contribution in [-0.4, -0.2) is 44.6 Å². The van der Waals surface area contributed by atoms with Crippen LogP contribution in [0.2, 0.25) is 0 Å². The third kappa shape index (κ3) is 3.65. The Morgan fingerprint density at radius 1 is 1.17 bits per heavy atom. The molecule has 1 aromatic carbocycles. The maximum Gasteiger partial charge on any atom is 0.261 e. The van der Waals surface area contributed by atoms with Gasteiger partial charge in [-0.25, -0.2) is 4.39 Å². The van der Waals surface area contributed by atoms with Crippen molar-refractivity contribution >= 4 is 5.91 Å². The first kappa shape index (κ1) is 18.7. The molecule has 5 rings (SSSR count). The number of hydrogen-bond acceptors (Lipinski definition) is 6. The third-order valence-corrected chi connectivity index (χ3v) is 5.91. The lowest BCUT2D eigenvalue weighted by Gasteiger charge is -2.37. The molecule has 0 spiro atoms. The lowest BCUT2D eigenvalue weighted by molar-refractivity contribution is -0.138. The molecule has 0 N–H and O–H groups in total. The molecule has 2 bridgehead atoms. The number of hydrogen-bond donors (Lipinski definition) is 0. The quantitative estimate of drug-likeness (QED) is 0.642. The van der Waals surface area contributed by atoms with Gasteiger partial charge >= 0.3 is 0 Å². The Kier molecular flexibility index (Phi) is 4.90. The van der Waals surface area contributed by atoms with Crippen molar-refractivity contribution in [3.8, 4) is 17.1 Å². The summed E-state index contributed by atoms with van der Waals surface area (Å²) >= 11 is 0. The standard InChI is InChI=1S/C22H21FN4O3/c23-16-3-7-19(8-4-16)29-13-20(28)27-17-5-6-18(27)11-15(10-17)22-25-21(26-30-22)14-2-1-9-24-12-14/h1-4,7-9,12,15,17-18H,5-6,10-11,13H2/t15?,17-,18+. The summed E-state index contributed by atoms with van der Waals surface area (Å²) in [6.45, 7) is -0.0466. The van der Waals surface area contributed by atoms with Crippen molar-refractivity contribution in [1.82, 2.24) is 20.0 Å². The molecule has 2 aliphatic heterocycles. The number of piperidine rings is 1. The van der Waals surface area contributed by atoms with Crippen LogP contribution < -0.4 is 4.74 Å². The Hall–Kier alpha value is -3.29. The van der Waals surface area contributed by atoms with Crippen LogP contribution in [0.5, 0.6) is 5.75 Å². The minimum atomic E-state index is -0.332. The smallest absolute Gasteiger partial charge is 0.261 e. The van der Waals surface area contributed by atoms with Gasteiger partial charge in [0.25, 0.3) is 5.91 Å². The molecule has 2 saturated heterocycles. The van der Waals surface area contributed by atoms with Crippen molar-refractivity contribution in [3.63, 3.8) is 0 Å². The van der Waals surface area contributed by atoms with Gasteiger partial charge in [-0.3, -0.25) is 9.78 Å². The van der Waals surface area contributed by atoms with E-state index in [0.717, 1.165) is 31.2 Å². The Morgan fingerprint density at radius 3 is 2.63 bits per heavy atom. The highest BCUT2D eigenvalue weighted by atomic mass is 19.1. The lowest BCUT2D eigenvalue weighted by atomic mass is 9.90. The van der Waals surface area contributed by atoms with Crippen molar-refractivity contribution < 1.29 is 18.4 Å². The van der Waals surface area contributed by atoms with Gasteiger partial charge in [-0.05, 0) is 62.1 Å². The summed E-state index contributed by atoms with van der Waals surface area (Å²) in [5.74, 6) is 1.42. The van der Waals surface area contributed by atoms with Crippen LogP contribution in [0.1, 0.15) is 37.5 Å². The number of ether oxygens (including phenoxy) is 1. The maximum atomic E-state index is 13.0. The predicted molar refractivity (Wildman–Crippen MR) is 105 cm³/mol. The molecule has 1 unspecified atom stereocenters. The summed E-state index contributed by atoms with van der Waals surface area (Å²) in [4.78, 5) is 23.4. The van der Waals surface area contributed by atoms with Crippen LogP contribution in [0.3, 0.4) is 0 Å². The first-order valence-corrected chi connectivity index (χ1v) is 10.1. The molecule has 0 radical (unpaired) electrons.